The van der Waals surface area contributed by atoms with Gasteiger partial charge in [-0.3, -0.25) is 4.79 Å². The molecule has 1 aromatic rings. The average Bonchev–Trinajstić information content (AvgIpc) is 1.99. The van der Waals surface area contributed by atoms with Gasteiger partial charge in [0.15, 0.2) is 0 Å². The Kier molecular flexibility index (Phi) is 2.88. The van der Waals surface area contributed by atoms with Crippen LogP contribution in [0.15, 0.2) is 18.2 Å². The summed E-state index contributed by atoms with van der Waals surface area (Å²) < 4.78 is 37.5. The van der Waals surface area contributed by atoms with E-state index in [4.69, 9.17) is 10.8 Å². The summed E-state index contributed by atoms with van der Waals surface area (Å²) >= 11 is 0. The van der Waals surface area contributed by atoms with Crippen molar-refractivity contribution in [1.82, 2.24) is 0 Å². The van der Waals surface area contributed by atoms with Crippen LogP contribution in [-0.2, 0) is 17.4 Å². The number of carboxylic acids is 1. The topological polar surface area (TPSA) is 63.3 Å². The van der Waals surface area contributed by atoms with Gasteiger partial charge in [-0.15, -0.1) is 0 Å². The van der Waals surface area contributed by atoms with E-state index in [1.165, 1.54) is 6.07 Å². The van der Waals surface area contributed by atoms with Crippen LogP contribution in [-0.4, -0.2) is 11.1 Å². The fourth-order valence-electron chi connectivity index (χ4n) is 1.28. The number of nitrogens with two attached hydrogens (primary N) is 1. The highest BCUT2D eigenvalue weighted by Crippen LogP contribution is 2.36. The van der Waals surface area contributed by atoms with E-state index in [1.54, 1.807) is 0 Å². The number of benzene rings is 1. The molecule has 0 atom stereocenters. The molecule has 3 nitrogen and oxygen atoms in total. The third-order valence-electron chi connectivity index (χ3n) is 1.81. The molecule has 0 aromatic heterocycles. The zero-order valence-corrected chi connectivity index (χ0v) is 7.51. The van der Waals surface area contributed by atoms with Gasteiger partial charge in [-0.2, -0.15) is 13.2 Å². The van der Waals surface area contributed by atoms with Gasteiger partial charge in [-0.25, -0.2) is 0 Å². The molecular formula is C9H8F3NO2. The molecule has 0 aliphatic rings. The molecule has 0 amide bonds. The molecule has 0 aliphatic heterocycles. The van der Waals surface area contributed by atoms with Gasteiger partial charge in [0, 0.05) is 5.69 Å². The van der Waals surface area contributed by atoms with Gasteiger partial charge in [0.2, 0.25) is 0 Å². The maximum atomic E-state index is 12.5. The maximum absolute atomic E-state index is 12.5. The summed E-state index contributed by atoms with van der Waals surface area (Å²) in [6.07, 6.45) is -5.32. The lowest BCUT2D eigenvalue weighted by molar-refractivity contribution is -0.139. The number of aliphatic carboxylic acids is 1. The third-order valence-corrected chi connectivity index (χ3v) is 1.81. The molecule has 0 heterocycles. The Morgan fingerprint density at radius 1 is 1.40 bits per heavy atom. The number of alkyl halides is 3. The summed E-state index contributed by atoms with van der Waals surface area (Å²) in [4.78, 5) is 10.4. The second kappa shape index (κ2) is 3.80. The zero-order valence-electron chi connectivity index (χ0n) is 7.51. The van der Waals surface area contributed by atoms with Crippen LogP contribution in [0.25, 0.3) is 0 Å². The molecule has 0 spiro atoms. The van der Waals surface area contributed by atoms with Gasteiger partial charge in [0.1, 0.15) is 0 Å². The molecule has 0 aliphatic carbocycles. The molecule has 6 heteroatoms. The van der Waals surface area contributed by atoms with Crippen LogP contribution >= 0.6 is 0 Å². The molecule has 0 unspecified atom stereocenters. The lowest BCUT2D eigenvalue weighted by Gasteiger charge is -2.13. The van der Waals surface area contributed by atoms with Gasteiger partial charge in [-0.1, -0.05) is 12.1 Å². The lowest BCUT2D eigenvalue weighted by atomic mass is 10.0. The summed E-state index contributed by atoms with van der Waals surface area (Å²) in [5, 5.41) is 8.44. The van der Waals surface area contributed by atoms with E-state index in [2.05, 4.69) is 0 Å². The minimum absolute atomic E-state index is 0.324. The van der Waals surface area contributed by atoms with Crippen molar-refractivity contribution < 1.29 is 23.1 Å². The summed E-state index contributed by atoms with van der Waals surface area (Å²) in [5.74, 6) is -1.33. The number of anilines is 1. The highest BCUT2D eigenvalue weighted by Gasteiger charge is 2.35. The number of carbonyl (C=O) groups is 1. The van der Waals surface area contributed by atoms with Crippen molar-refractivity contribution in [2.75, 3.05) is 5.73 Å². The number of hydrogen-bond donors (Lipinski definition) is 2. The minimum atomic E-state index is -4.63. The molecular weight excluding hydrogens is 211 g/mol. The average molecular weight is 219 g/mol. The Morgan fingerprint density at radius 3 is 2.47 bits per heavy atom. The van der Waals surface area contributed by atoms with Gasteiger partial charge in [-0.05, 0) is 11.6 Å². The van der Waals surface area contributed by atoms with Crippen LogP contribution in [0.5, 0.6) is 0 Å². The minimum Gasteiger partial charge on any atom is -0.481 e. The largest absolute Gasteiger partial charge is 0.481 e. The second-order valence-electron chi connectivity index (χ2n) is 2.95. The molecule has 15 heavy (non-hydrogen) atoms. The molecule has 1 rings (SSSR count). The molecule has 0 bridgehead atoms. The van der Waals surface area contributed by atoms with Crippen LogP contribution in [0.3, 0.4) is 0 Å². The Balaban J connectivity index is 3.27. The second-order valence-corrected chi connectivity index (χ2v) is 2.95. The number of carboxylic acid groups (broad SMARTS) is 1. The van der Waals surface area contributed by atoms with Gasteiger partial charge >= 0.3 is 12.1 Å². The first-order valence-corrected chi connectivity index (χ1v) is 3.98. The van der Waals surface area contributed by atoms with Crippen LogP contribution in [0.1, 0.15) is 11.1 Å². The molecule has 0 saturated carbocycles. The summed E-state index contributed by atoms with van der Waals surface area (Å²) in [7, 11) is 0. The quantitative estimate of drug-likeness (QED) is 0.747. The number of halogens is 3. The Morgan fingerprint density at radius 2 is 2.00 bits per heavy atom. The molecule has 1 aromatic carbocycles. The first kappa shape index (κ1) is 11.4. The zero-order chi connectivity index (χ0) is 11.6. The Hall–Kier alpha value is -1.72. The number of rotatable bonds is 2. The van der Waals surface area contributed by atoms with Crippen molar-refractivity contribution in [1.29, 1.82) is 0 Å². The predicted molar refractivity (Wildman–Crippen MR) is 47.2 cm³/mol. The van der Waals surface area contributed by atoms with Crippen molar-refractivity contribution in [3.63, 3.8) is 0 Å². The van der Waals surface area contributed by atoms with Crippen molar-refractivity contribution in [2.24, 2.45) is 0 Å². The molecule has 0 saturated heterocycles. The molecule has 0 fully saturated rings. The van der Waals surface area contributed by atoms with Gasteiger partial charge in [0.25, 0.3) is 0 Å². The monoisotopic (exact) mass is 219 g/mol. The first-order chi connectivity index (χ1) is 6.82. The summed E-state index contributed by atoms with van der Waals surface area (Å²) in [6, 6.07) is 3.49. The van der Waals surface area contributed by atoms with Gasteiger partial charge < -0.3 is 10.8 Å². The van der Waals surface area contributed by atoms with Crippen molar-refractivity contribution in [3.05, 3.63) is 29.3 Å². The van der Waals surface area contributed by atoms with Crippen molar-refractivity contribution in [2.45, 2.75) is 12.6 Å². The lowest BCUT2D eigenvalue weighted by Crippen LogP contribution is -2.14. The van der Waals surface area contributed by atoms with E-state index in [-0.39, 0.29) is 5.56 Å². The van der Waals surface area contributed by atoms with Crippen molar-refractivity contribution in [3.8, 4) is 0 Å². The highest BCUT2D eigenvalue weighted by molar-refractivity contribution is 5.72. The predicted octanol–water partition coefficient (Wildman–Crippen LogP) is 1.91. The van der Waals surface area contributed by atoms with Crippen molar-refractivity contribution >= 4 is 11.7 Å². The standard InChI is InChI=1S/C9H8F3NO2/c10-9(11,12)8-5(4-7(14)15)2-1-3-6(8)13/h1-3H,4,13H2,(H,14,15). The summed E-state index contributed by atoms with van der Waals surface area (Å²) in [6.45, 7) is 0. The SMILES string of the molecule is Nc1cccc(CC(=O)O)c1C(F)(F)F. The first-order valence-electron chi connectivity index (χ1n) is 3.98. The Bertz CT molecular complexity index is 387. The number of hydrogen-bond acceptors (Lipinski definition) is 2. The fourth-order valence-corrected chi connectivity index (χ4v) is 1.28. The molecule has 3 N–H and O–H groups in total. The maximum Gasteiger partial charge on any atom is 0.418 e. The van der Waals surface area contributed by atoms with E-state index in [1.807, 2.05) is 0 Å². The molecule has 82 valence electrons. The van der Waals surface area contributed by atoms with Crippen LogP contribution in [0.4, 0.5) is 18.9 Å². The van der Waals surface area contributed by atoms with E-state index in [0.717, 1.165) is 12.1 Å². The number of nitrogen functional groups attached to an aromatic ring is 1. The van der Waals surface area contributed by atoms with Crippen LogP contribution in [0.2, 0.25) is 0 Å². The van der Waals surface area contributed by atoms with Crippen LogP contribution in [0, 0.1) is 0 Å². The normalized spacial score (nSPS) is 11.4. The summed E-state index contributed by atoms with van der Waals surface area (Å²) in [5.41, 5.74) is 3.33. The smallest absolute Gasteiger partial charge is 0.418 e. The fraction of sp³-hybridized carbons (Fsp3) is 0.222. The Labute approximate surface area is 83.3 Å². The van der Waals surface area contributed by atoms with E-state index in [9.17, 15) is 18.0 Å². The van der Waals surface area contributed by atoms with E-state index < -0.39 is 29.8 Å². The van der Waals surface area contributed by atoms with E-state index >= 15 is 0 Å². The van der Waals surface area contributed by atoms with Gasteiger partial charge in [0.05, 0.1) is 12.0 Å². The molecule has 0 radical (unpaired) electrons. The third kappa shape index (κ3) is 2.61. The van der Waals surface area contributed by atoms with Crippen LogP contribution < -0.4 is 5.73 Å². The van der Waals surface area contributed by atoms with E-state index in [0.29, 0.717) is 0 Å². The highest BCUT2D eigenvalue weighted by atomic mass is 19.4.